The predicted octanol–water partition coefficient (Wildman–Crippen LogP) is 3.56. The number of hydrogen-bond donors (Lipinski definition) is 2. The van der Waals surface area contributed by atoms with Crippen LogP contribution in [0.2, 0.25) is 0 Å². The Morgan fingerprint density at radius 3 is 2.77 bits per heavy atom. The summed E-state index contributed by atoms with van der Waals surface area (Å²) in [4.78, 5) is 22.6. The van der Waals surface area contributed by atoms with E-state index in [4.69, 9.17) is 10.1 Å². The fraction of sp³-hybridized carbons (Fsp3) is 0.167. The van der Waals surface area contributed by atoms with Crippen LogP contribution in [-0.2, 0) is 0 Å². The Kier molecular flexibility index (Phi) is 5.49. The zero-order chi connectivity index (χ0) is 22.0. The molecule has 0 spiro atoms. The van der Waals surface area contributed by atoms with Crippen molar-refractivity contribution in [1.29, 1.82) is 5.41 Å². The molecule has 0 radical (unpaired) electrons. The molecule has 7 nitrogen and oxygen atoms in total. The van der Waals surface area contributed by atoms with E-state index >= 15 is 0 Å². The van der Waals surface area contributed by atoms with Gasteiger partial charge in [-0.3, -0.25) is 14.3 Å². The maximum atomic E-state index is 13.7. The summed E-state index contributed by atoms with van der Waals surface area (Å²) >= 11 is 0. The summed E-state index contributed by atoms with van der Waals surface area (Å²) in [5, 5.41) is 11.8. The van der Waals surface area contributed by atoms with Gasteiger partial charge in [0.2, 0.25) is 5.88 Å². The number of fused-ring (bicyclic) bond motifs is 1. The van der Waals surface area contributed by atoms with Crippen molar-refractivity contribution >= 4 is 22.3 Å². The Balaban J connectivity index is 2.00. The van der Waals surface area contributed by atoms with Gasteiger partial charge >= 0.3 is 0 Å². The van der Waals surface area contributed by atoms with Crippen molar-refractivity contribution in [2.75, 3.05) is 13.7 Å². The maximum Gasteiger partial charge on any atom is 0.264 e. The molecule has 0 amide bonds. The molecule has 0 bridgehead atoms. The minimum absolute atomic E-state index is 0.215. The topological polar surface area (TPSA) is 92.9 Å². The van der Waals surface area contributed by atoms with Gasteiger partial charge in [-0.05, 0) is 55.8 Å². The third-order valence-corrected chi connectivity index (χ3v) is 4.93. The zero-order valence-corrected chi connectivity index (χ0v) is 17.6. The lowest BCUT2D eigenvalue weighted by Crippen LogP contribution is -2.23. The maximum absolute atomic E-state index is 13.7. The number of allylic oxidation sites excluding steroid dienone is 5. The zero-order valence-electron chi connectivity index (χ0n) is 17.6. The average Bonchev–Trinajstić information content (AvgIpc) is 2.76. The van der Waals surface area contributed by atoms with Crippen LogP contribution in [0.25, 0.3) is 22.3 Å². The van der Waals surface area contributed by atoms with Crippen LogP contribution in [0.1, 0.15) is 18.2 Å². The molecule has 3 aromatic rings. The van der Waals surface area contributed by atoms with E-state index in [1.54, 1.807) is 42.2 Å². The highest BCUT2D eigenvalue weighted by atomic mass is 16.5. The van der Waals surface area contributed by atoms with Crippen LogP contribution in [0, 0.1) is 12.3 Å². The summed E-state index contributed by atoms with van der Waals surface area (Å²) < 4.78 is 7.13. The number of rotatable bonds is 5. The average molecular weight is 413 g/mol. The number of hydrogen-bond acceptors (Lipinski definition) is 6. The van der Waals surface area contributed by atoms with Gasteiger partial charge in [0.15, 0.2) is 5.65 Å². The van der Waals surface area contributed by atoms with Gasteiger partial charge in [0.05, 0.1) is 24.2 Å². The summed E-state index contributed by atoms with van der Waals surface area (Å²) in [6.07, 6.45) is 8.72. The number of ether oxygens (including phenoxy) is 1. The lowest BCUT2D eigenvalue weighted by molar-refractivity contribution is 0.328. The standard InChI is InChI=1S/C24H23N5O2/c1-4-31-22-10-7-17-12-20(16-6-9-21(25)18(11-16)13-26-3)24(30)29(23(17)28-22)19-8-5-15(2)27-14-19/h5-14,25-26H,4H2,1-3H3/b18-13-,25-21?. The van der Waals surface area contributed by atoms with Gasteiger partial charge in [-0.1, -0.05) is 6.08 Å². The predicted molar refractivity (Wildman–Crippen MR) is 123 cm³/mol. The Hall–Kier alpha value is -4.00. The molecule has 3 heterocycles. The second-order valence-electron chi connectivity index (χ2n) is 7.09. The van der Waals surface area contributed by atoms with Crippen molar-refractivity contribution in [1.82, 2.24) is 19.9 Å². The molecule has 3 aromatic heterocycles. The first-order chi connectivity index (χ1) is 15.0. The van der Waals surface area contributed by atoms with Crippen molar-refractivity contribution in [3.63, 3.8) is 0 Å². The minimum atomic E-state index is -0.215. The largest absolute Gasteiger partial charge is 0.478 e. The smallest absolute Gasteiger partial charge is 0.264 e. The van der Waals surface area contributed by atoms with Crippen LogP contribution in [0.5, 0.6) is 5.88 Å². The number of nitrogens with zero attached hydrogens (tertiary/aromatic N) is 3. The highest BCUT2D eigenvalue weighted by Gasteiger charge is 2.17. The van der Waals surface area contributed by atoms with E-state index in [9.17, 15) is 4.79 Å². The first-order valence-corrected chi connectivity index (χ1v) is 10.0. The van der Waals surface area contributed by atoms with E-state index in [1.807, 2.05) is 44.2 Å². The lowest BCUT2D eigenvalue weighted by Gasteiger charge is -2.16. The SMILES string of the molecule is CCOc1ccc2cc(C3=C/C(=C/NC)C(=N)C=C3)c(=O)n(-c3ccc(C)nc3)c2n1. The third kappa shape index (κ3) is 3.90. The van der Waals surface area contributed by atoms with Crippen molar-refractivity contribution in [2.24, 2.45) is 0 Å². The van der Waals surface area contributed by atoms with Crippen molar-refractivity contribution in [3.05, 3.63) is 88.1 Å². The van der Waals surface area contributed by atoms with Gasteiger partial charge in [0.1, 0.15) is 0 Å². The Labute approximate surface area is 179 Å². The van der Waals surface area contributed by atoms with Gasteiger partial charge in [0.25, 0.3) is 5.56 Å². The van der Waals surface area contributed by atoms with Gasteiger partial charge in [-0.15, -0.1) is 0 Å². The van der Waals surface area contributed by atoms with Gasteiger partial charge < -0.3 is 15.5 Å². The summed E-state index contributed by atoms with van der Waals surface area (Å²) in [6, 6.07) is 9.25. The molecule has 0 aliphatic heterocycles. The van der Waals surface area contributed by atoms with Crippen molar-refractivity contribution in [2.45, 2.75) is 13.8 Å². The molecule has 31 heavy (non-hydrogen) atoms. The second kappa shape index (κ2) is 8.39. The quantitative estimate of drug-likeness (QED) is 0.667. The van der Waals surface area contributed by atoms with E-state index < -0.39 is 0 Å². The number of aromatic nitrogens is 3. The van der Waals surface area contributed by atoms with Crippen LogP contribution in [-0.4, -0.2) is 33.9 Å². The molecular formula is C24H23N5O2. The molecule has 0 unspecified atom stereocenters. The molecule has 0 atom stereocenters. The van der Waals surface area contributed by atoms with Crippen LogP contribution in [0.15, 0.2) is 71.3 Å². The number of pyridine rings is 3. The number of aryl methyl sites for hydroxylation is 1. The summed E-state index contributed by atoms with van der Waals surface area (Å²) in [5.41, 5.74) is 4.10. The van der Waals surface area contributed by atoms with E-state index in [-0.39, 0.29) is 5.56 Å². The Morgan fingerprint density at radius 2 is 2.06 bits per heavy atom. The second-order valence-corrected chi connectivity index (χ2v) is 7.09. The van der Waals surface area contributed by atoms with Gasteiger partial charge in [0, 0.05) is 41.5 Å². The fourth-order valence-corrected chi connectivity index (χ4v) is 3.44. The molecule has 0 saturated heterocycles. The summed E-state index contributed by atoms with van der Waals surface area (Å²) in [5.74, 6) is 0.459. The molecule has 7 heteroatoms. The van der Waals surface area contributed by atoms with Crippen molar-refractivity contribution < 1.29 is 4.74 Å². The molecule has 2 N–H and O–H groups in total. The Morgan fingerprint density at radius 1 is 1.23 bits per heavy atom. The van der Waals surface area contributed by atoms with Gasteiger partial charge in [-0.2, -0.15) is 4.98 Å². The van der Waals surface area contributed by atoms with Crippen LogP contribution >= 0.6 is 0 Å². The molecule has 0 saturated carbocycles. The van der Waals surface area contributed by atoms with E-state index in [1.165, 1.54) is 0 Å². The van der Waals surface area contributed by atoms with E-state index in [2.05, 4.69) is 15.3 Å². The molecule has 0 aromatic carbocycles. The molecule has 0 fully saturated rings. The van der Waals surface area contributed by atoms with E-state index in [0.29, 0.717) is 40.7 Å². The van der Waals surface area contributed by atoms with Crippen molar-refractivity contribution in [3.8, 4) is 11.6 Å². The van der Waals surface area contributed by atoms with E-state index in [0.717, 1.165) is 16.7 Å². The van der Waals surface area contributed by atoms with Crippen LogP contribution < -0.4 is 15.6 Å². The van der Waals surface area contributed by atoms with Crippen LogP contribution in [0.4, 0.5) is 0 Å². The third-order valence-electron chi connectivity index (χ3n) is 4.93. The summed E-state index contributed by atoms with van der Waals surface area (Å²) in [6.45, 7) is 4.27. The van der Waals surface area contributed by atoms with Gasteiger partial charge in [-0.25, -0.2) is 0 Å². The minimum Gasteiger partial charge on any atom is -0.478 e. The lowest BCUT2D eigenvalue weighted by atomic mass is 9.95. The monoisotopic (exact) mass is 413 g/mol. The molecule has 156 valence electrons. The fourth-order valence-electron chi connectivity index (χ4n) is 3.44. The summed E-state index contributed by atoms with van der Waals surface area (Å²) in [7, 11) is 1.78. The molecule has 4 rings (SSSR count). The first kappa shape index (κ1) is 20.3. The van der Waals surface area contributed by atoms with Crippen LogP contribution in [0.3, 0.4) is 0 Å². The highest BCUT2D eigenvalue weighted by molar-refractivity contribution is 6.13. The number of nitrogens with one attached hydrogen (secondary N) is 2. The molecular weight excluding hydrogens is 390 g/mol. The first-order valence-electron chi connectivity index (χ1n) is 10.0. The Bertz CT molecular complexity index is 1310. The molecule has 1 aliphatic carbocycles. The highest BCUT2D eigenvalue weighted by Crippen LogP contribution is 2.25. The molecule has 1 aliphatic rings. The normalized spacial score (nSPS) is 14.7.